The van der Waals surface area contributed by atoms with Crippen LogP contribution in [0.5, 0.6) is 0 Å². The molecule has 0 amide bonds. The Hall–Kier alpha value is -3.28. The molecule has 0 aliphatic carbocycles. The second-order valence-corrected chi connectivity index (χ2v) is 8.21. The standard InChI is InChI=1S/C26H24BN3S/c1-4-29-25-8-6-7-9-26(25)30(5-2)27(29)23-15-14-21(22(18-23)19-28)13-10-20-11-16-24(31-3)17-12-20/h6-9,11-12,14-18H,4-5H2,1-3H3. The van der Waals surface area contributed by atoms with Gasteiger partial charge in [0.25, 0.3) is 0 Å². The van der Waals surface area contributed by atoms with Gasteiger partial charge in [0.2, 0.25) is 0 Å². The fourth-order valence-electron chi connectivity index (χ4n) is 4.17. The van der Waals surface area contributed by atoms with Crippen molar-refractivity contribution in [2.45, 2.75) is 18.7 Å². The Balaban J connectivity index is 1.68. The van der Waals surface area contributed by atoms with Gasteiger partial charge in [-0.25, -0.2) is 0 Å². The van der Waals surface area contributed by atoms with Gasteiger partial charge in [-0.2, -0.15) is 5.26 Å². The normalized spacial score (nSPS) is 12.3. The summed E-state index contributed by atoms with van der Waals surface area (Å²) in [6.07, 6.45) is 2.06. The first-order valence-electron chi connectivity index (χ1n) is 10.5. The molecule has 0 saturated heterocycles. The van der Waals surface area contributed by atoms with Crippen LogP contribution in [-0.4, -0.2) is 26.3 Å². The van der Waals surface area contributed by atoms with E-state index in [0.29, 0.717) is 5.56 Å². The smallest absolute Gasteiger partial charge is 0.391 e. The van der Waals surface area contributed by atoms with E-state index < -0.39 is 0 Å². The Kier molecular flexibility index (Phi) is 6.26. The number of anilines is 2. The predicted molar refractivity (Wildman–Crippen MR) is 133 cm³/mol. The number of nitriles is 1. The lowest BCUT2D eigenvalue weighted by Gasteiger charge is -2.28. The van der Waals surface area contributed by atoms with Crippen molar-refractivity contribution in [1.82, 2.24) is 0 Å². The third-order valence-electron chi connectivity index (χ3n) is 5.67. The molecule has 0 unspecified atom stereocenters. The van der Waals surface area contributed by atoms with Crippen LogP contribution in [0.3, 0.4) is 0 Å². The molecular weight excluding hydrogens is 397 g/mol. The molecule has 0 radical (unpaired) electrons. The Morgan fingerprint density at radius 1 is 0.839 bits per heavy atom. The van der Waals surface area contributed by atoms with E-state index in [1.54, 1.807) is 11.8 Å². The Bertz CT molecular complexity index is 1160. The van der Waals surface area contributed by atoms with Crippen molar-refractivity contribution in [2.24, 2.45) is 0 Å². The molecule has 152 valence electrons. The summed E-state index contributed by atoms with van der Waals surface area (Å²) < 4.78 is 0. The molecule has 0 spiro atoms. The number of hydrogen-bond donors (Lipinski definition) is 0. The number of fused-ring (bicyclic) bond motifs is 1. The summed E-state index contributed by atoms with van der Waals surface area (Å²) in [6.45, 7) is 6.23. The number of para-hydroxylation sites is 2. The highest BCUT2D eigenvalue weighted by Gasteiger charge is 2.40. The summed E-state index contributed by atoms with van der Waals surface area (Å²) in [4.78, 5) is 6.01. The fraction of sp³-hybridized carbons (Fsp3) is 0.192. The van der Waals surface area contributed by atoms with Gasteiger partial charge in [-0.1, -0.05) is 30.0 Å². The van der Waals surface area contributed by atoms with E-state index in [1.807, 2.05) is 24.3 Å². The van der Waals surface area contributed by atoms with Crippen LogP contribution in [0.2, 0.25) is 0 Å². The lowest BCUT2D eigenvalue weighted by molar-refractivity contribution is 1.06. The Morgan fingerprint density at radius 3 is 2.03 bits per heavy atom. The zero-order valence-electron chi connectivity index (χ0n) is 18.1. The minimum Gasteiger partial charge on any atom is -0.391 e. The lowest BCUT2D eigenvalue weighted by atomic mass is 9.64. The van der Waals surface area contributed by atoms with Crippen LogP contribution in [0, 0.1) is 23.2 Å². The quantitative estimate of drug-likeness (QED) is 0.346. The average molecular weight is 421 g/mol. The van der Waals surface area contributed by atoms with E-state index in [1.165, 1.54) is 16.3 Å². The molecular formula is C26H24BN3S. The van der Waals surface area contributed by atoms with Crippen LogP contribution in [0.15, 0.2) is 71.6 Å². The van der Waals surface area contributed by atoms with Crippen molar-refractivity contribution in [3.63, 3.8) is 0 Å². The van der Waals surface area contributed by atoms with E-state index >= 15 is 0 Å². The number of rotatable bonds is 4. The number of thioether (sulfide) groups is 1. The molecule has 31 heavy (non-hydrogen) atoms. The van der Waals surface area contributed by atoms with Crippen molar-refractivity contribution in [2.75, 3.05) is 29.0 Å². The van der Waals surface area contributed by atoms with Gasteiger partial charge in [0.15, 0.2) is 0 Å². The van der Waals surface area contributed by atoms with E-state index in [0.717, 1.165) is 29.7 Å². The van der Waals surface area contributed by atoms with E-state index in [2.05, 4.69) is 90.1 Å². The Morgan fingerprint density at radius 2 is 1.48 bits per heavy atom. The molecule has 0 atom stereocenters. The number of benzene rings is 3. The van der Waals surface area contributed by atoms with Crippen molar-refractivity contribution >= 4 is 35.6 Å². The molecule has 1 aliphatic rings. The molecule has 0 bridgehead atoms. The zero-order chi connectivity index (χ0) is 21.8. The van der Waals surface area contributed by atoms with Crippen LogP contribution in [0.25, 0.3) is 0 Å². The summed E-state index contributed by atoms with van der Waals surface area (Å²) in [5.74, 6) is 6.40. The molecule has 3 nitrogen and oxygen atoms in total. The maximum Gasteiger partial charge on any atom is 0.411 e. The van der Waals surface area contributed by atoms with Gasteiger partial charge < -0.3 is 9.62 Å². The molecule has 4 rings (SSSR count). The minimum absolute atomic E-state index is 0.0839. The van der Waals surface area contributed by atoms with Gasteiger partial charge in [0.1, 0.15) is 6.07 Å². The first-order chi connectivity index (χ1) is 15.2. The van der Waals surface area contributed by atoms with Gasteiger partial charge in [-0.3, -0.25) is 0 Å². The zero-order valence-corrected chi connectivity index (χ0v) is 18.9. The van der Waals surface area contributed by atoms with Gasteiger partial charge >= 0.3 is 6.98 Å². The molecule has 3 aromatic rings. The van der Waals surface area contributed by atoms with Gasteiger partial charge in [-0.15, -0.1) is 11.8 Å². The first-order valence-corrected chi connectivity index (χ1v) is 11.7. The molecule has 1 aliphatic heterocycles. The molecule has 5 heteroatoms. The SMILES string of the molecule is CCN1B(c2ccc(C#Cc3ccc(SC)cc3)c(C#N)c2)N(CC)c2ccccc21. The van der Waals surface area contributed by atoms with Crippen LogP contribution < -0.4 is 15.1 Å². The van der Waals surface area contributed by atoms with Gasteiger partial charge in [-0.05, 0) is 74.1 Å². The van der Waals surface area contributed by atoms with Crippen molar-refractivity contribution < 1.29 is 0 Å². The van der Waals surface area contributed by atoms with Crippen LogP contribution >= 0.6 is 11.8 Å². The van der Waals surface area contributed by atoms with Crippen molar-refractivity contribution in [3.8, 4) is 17.9 Å². The highest BCUT2D eigenvalue weighted by Crippen LogP contribution is 2.37. The van der Waals surface area contributed by atoms with Crippen LogP contribution in [0.1, 0.15) is 30.5 Å². The predicted octanol–water partition coefficient (Wildman–Crippen LogP) is 4.74. The highest BCUT2D eigenvalue weighted by atomic mass is 32.2. The fourth-order valence-corrected chi connectivity index (χ4v) is 4.57. The molecule has 0 N–H and O–H groups in total. The van der Waals surface area contributed by atoms with E-state index in [4.69, 9.17) is 0 Å². The van der Waals surface area contributed by atoms with Crippen LogP contribution in [-0.2, 0) is 0 Å². The number of hydrogen-bond acceptors (Lipinski definition) is 4. The van der Waals surface area contributed by atoms with E-state index in [9.17, 15) is 5.26 Å². The third-order valence-corrected chi connectivity index (χ3v) is 6.41. The molecule has 3 aromatic carbocycles. The summed E-state index contributed by atoms with van der Waals surface area (Å²) >= 11 is 1.71. The molecule has 0 fully saturated rings. The summed E-state index contributed by atoms with van der Waals surface area (Å²) in [6, 6.07) is 25.2. The first kappa shape index (κ1) is 21.0. The third kappa shape index (κ3) is 4.02. The van der Waals surface area contributed by atoms with E-state index in [-0.39, 0.29) is 6.98 Å². The highest BCUT2D eigenvalue weighted by molar-refractivity contribution is 7.98. The summed E-state index contributed by atoms with van der Waals surface area (Å²) in [7, 11) is 0. The Labute approximate surface area is 189 Å². The summed E-state index contributed by atoms with van der Waals surface area (Å²) in [5.41, 5.74) is 5.94. The van der Waals surface area contributed by atoms with Gasteiger partial charge in [0, 0.05) is 40.5 Å². The molecule has 0 saturated carbocycles. The molecule has 0 aromatic heterocycles. The molecule has 1 heterocycles. The maximum atomic E-state index is 9.82. The van der Waals surface area contributed by atoms with Crippen molar-refractivity contribution in [1.29, 1.82) is 5.26 Å². The monoisotopic (exact) mass is 421 g/mol. The number of nitrogens with zero attached hydrogens (tertiary/aromatic N) is 3. The lowest BCUT2D eigenvalue weighted by Crippen LogP contribution is -2.56. The minimum atomic E-state index is 0.0839. The maximum absolute atomic E-state index is 9.82. The summed E-state index contributed by atoms with van der Waals surface area (Å²) in [5, 5.41) is 9.82. The largest absolute Gasteiger partial charge is 0.411 e. The topological polar surface area (TPSA) is 30.3 Å². The second kappa shape index (κ2) is 9.25. The van der Waals surface area contributed by atoms with Crippen molar-refractivity contribution in [3.05, 3.63) is 83.4 Å². The average Bonchev–Trinajstić information content (AvgIpc) is 3.16. The van der Waals surface area contributed by atoms with Crippen LogP contribution in [0.4, 0.5) is 11.4 Å². The second-order valence-electron chi connectivity index (χ2n) is 7.33. The van der Waals surface area contributed by atoms with Gasteiger partial charge in [0.05, 0.1) is 5.56 Å².